The summed E-state index contributed by atoms with van der Waals surface area (Å²) in [4.78, 5) is 0. The highest BCUT2D eigenvalue weighted by atomic mass is 79.9. The van der Waals surface area contributed by atoms with E-state index in [-0.39, 0.29) is 5.88 Å². The Hall–Kier alpha value is -4.02. The van der Waals surface area contributed by atoms with Gasteiger partial charge in [-0.3, -0.25) is 5.10 Å². The van der Waals surface area contributed by atoms with E-state index in [0.717, 1.165) is 38.2 Å². The van der Waals surface area contributed by atoms with Gasteiger partial charge in [0.2, 0.25) is 11.8 Å². The quantitative estimate of drug-likeness (QED) is 0.371. The lowest BCUT2D eigenvalue weighted by molar-refractivity contribution is 0.306. The lowest BCUT2D eigenvalue weighted by Crippen LogP contribution is -2.20. The molecule has 1 atom stereocenters. The summed E-state index contributed by atoms with van der Waals surface area (Å²) in [7, 11) is 0. The van der Waals surface area contributed by atoms with Crippen LogP contribution < -0.4 is 15.2 Å². The third-order valence-corrected chi connectivity index (χ3v) is 6.06. The second kappa shape index (κ2) is 8.85. The minimum absolute atomic E-state index is 0.0700. The van der Waals surface area contributed by atoms with Crippen LogP contribution in [-0.4, -0.2) is 10.2 Å². The zero-order valence-corrected chi connectivity index (χ0v) is 19.0. The van der Waals surface area contributed by atoms with Crippen LogP contribution in [0.4, 0.5) is 0 Å². The summed E-state index contributed by atoms with van der Waals surface area (Å²) in [6, 6.07) is 27.8. The van der Waals surface area contributed by atoms with Gasteiger partial charge < -0.3 is 15.2 Å². The fourth-order valence-corrected chi connectivity index (χ4v) is 4.18. The van der Waals surface area contributed by atoms with E-state index in [9.17, 15) is 5.26 Å². The van der Waals surface area contributed by atoms with Crippen LogP contribution in [0, 0.1) is 11.3 Å². The Labute approximate surface area is 199 Å². The largest absolute Gasteiger partial charge is 0.489 e. The van der Waals surface area contributed by atoms with Crippen LogP contribution in [0.25, 0.3) is 11.3 Å². The second-order valence-electron chi connectivity index (χ2n) is 7.59. The molecule has 0 saturated heterocycles. The lowest BCUT2D eigenvalue weighted by Gasteiger charge is -2.24. The first-order chi connectivity index (χ1) is 16.1. The van der Waals surface area contributed by atoms with Crippen LogP contribution in [0.3, 0.4) is 0 Å². The van der Waals surface area contributed by atoms with Crippen molar-refractivity contribution in [3.8, 4) is 29.0 Å². The van der Waals surface area contributed by atoms with Gasteiger partial charge in [0.25, 0.3) is 0 Å². The van der Waals surface area contributed by atoms with Gasteiger partial charge >= 0.3 is 0 Å². The Morgan fingerprint density at radius 1 is 1.03 bits per heavy atom. The fraction of sp³-hybridized carbons (Fsp3) is 0.0769. The molecule has 0 fully saturated rings. The van der Waals surface area contributed by atoms with Crippen molar-refractivity contribution in [3.05, 3.63) is 111 Å². The summed E-state index contributed by atoms with van der Waals surface area (Å²) in [5.74, 6) is 0.813. The van der Waals surface area contributed by atoms with Crippen LogP contribution in [0.2, 0.25) is 0 Å². The number of nitrogens with two attached hydrogens (primary N) is 1. The molecular weight excluding hydrogens is 480 g/mol. The number of ether oxygens (including phenoxy) is 2. The van der Waals surface area contributed by atoms with E-state index in [1.807, 2.05) is 78.9 Å². The van der Waals surface area contributed by atoms with Gasteiger partial charge in [-0.2, -0.15) is 5.26 Å². The number of fused-ring (bicyclic) bond motifs is 1. The Kier molecular flexibility index (Phi) is 5.59. The molecule has 0 saturated carbocycles. The second-order valence-corrected chi connectivity index (χ2v) is 8.51. The highest BCUT2D eigenvalue weighted by molar-refractivity contribution is 9.10. The van der Waals surface area contributed by atoms with Crippen molar-refractivity contribution >= 4 is 15.9 Å². The first kappa shape index (κ1) is 20.9. The Bertz CT molecular complexity index is 1350. The monoisotopic (exact) mass is 498 g/mol. The molecule has 6 nitrogen and oxygen atoms in total. The van der Waals surface area contributed by atoms with Gasteiger partial charge in [-0.25, -0.2) is 0 Å². The maximum absolute atomic E-state index is 9.84. The average Bonchev–Trinajstić information content (AvgIpc) is 3.27. The molecule has 0 amide bonds. The van der Waals surface area contributed by atoms with Crippen molar-refractivity contribution < 1.29 is 9.47 Å². The van der Waals surface area contributed by atoms with E-state index in [4.69, 9.17) is 15.2 Å². The van der Waals surface area contributed by atoms with E-state index in [2.05, 4.69) is 32.2 Å². The first-order valence-corrected chi connectivity index (χ1v) is 11.1. The molecule has 3 N–H and O–H groups in total. The molecule has 1 aliphatic rings. The lowest BCUT2D eigenvalue weighted by atomic mass is 9.83. The Morgan fingerprint density at radius 3 is 2.45 bits per heavy atom. The number of aromatic nitrogens is 2. The fourth-order valence-electron chi connectivity index (χ4n) is 3.91. The summed E-state index contributed by atoms with van der Waals surface area (Å²) >= 11 is 3.47. The number of hydrogen-bond acceptors (Lipinski definition) is 5. The van der Waals surface area contributed by atoms with E-state index >= 15 is 0 Å². The SMILES string of the molecule is N#CC1=C(N)Oc2n[nH]c(-c3ccc(OCc4ccccc4)cc3)c2[C@@H]1c1ccc(Br)cc1. The minimum atomic E-state index is -0.394. The molecule has 0 spiro atoms. The first-order valence-electron chi connectivity index (χ1n) is 10.3. The number of H-pyrrole nitrogens is 1. The molecule has 4 aromatic rings. The van der Waals surface area contributed by atoms with E-state index < -0.39 is 5.92 Å². The van der Waals surface area contributed by atoms with Crippen LogP contribution in [0.1, 0.15) is 22.6 Å². The molecule has 0 bridgehead atoms. The molecule has 5 rings (SSSR count). The third-order valence-electron chi connectivity index (χ3n) is 5.53. The number of nitriles is 1. The smallest absolute Gasteiger partial charge is 0.244 e. The van der Waals surface area contributed by atoms with Crippen molar-refractivity contribution in [2.45, 2.75) is 12.5 Å². The van der Waals surface area contributed by atoms with E-state index in [1.165, 1.54) is 0 Å². The van der Waals surface area contributed by atoms with Crippen molar-refractivity contribution in [1.82, 2.24) is 10.2 Å². The molecule has 0 unspecified atom stereocenters. The molecule has 162 valence electrons. The molecule has 1 aromatic heterocycles. The van der Waals surface area contributed by atoms with Gasteiger partial charge in [-0.15, -0.1) is 5.10 Å². The van der Waals surface area contributed by atoms with Crippen molar-refractivity contribution in [3.63, 3.8) is 0 Å². The maximum Gasteiger partial charge on any atom is 0.244 e. The van der Waals surface area contributed by atoms with Crippen LogP contribution in [-0.2, 0) is 6.61 Å². The van der Waals surface area contributed by atoms with Crippen LogP contribution in [0.5, 0.6) is 11.6 Å². The number of rotatable bonds is 5. The van der Waals surface area contributed by atoms with Crippen LogP contribution in [0.15, 0.2) is 94.8 Å². The highest BCUT2D eigenvalue weighted by Gasteiger charge is 2.35. The average molecular weight is 499 g/mol. The molecule has 2 heterocycles. The highest BCUT2D eigenvalue weighted by Crippen LogP contribution is 2.45. The van der Waals surface area contributed by atoms with Gasteiger partial charge in [0.15, 0.2) is 0 Å². The topological polar surface area (TPSA) is 97.0 Å². The molecule has 0 aliphatic carbocycles. The number of allylic oxidation sites excluding steroid dienone is 1. The maximum atomic E-state index is 9.84. The Morgan fingerprint density at radius 2 is 1.76 bits per heavy atom. The van der Waals surface area contributed by atoms with Crippen LogP contribution >= 0.6 is 15.9 Å². The van der Waals surface area contributed by atoms with E-state index in [1.54, 1.807) is 0 Å². The predicted molar refractivity (Wildman–Crippen MR) is 128 cm³/mol. The zero-order valence-electron chi connectivity index (χ0n) is 17.5. The molecule has 3 aromatic carbocycles. The summed E-state index contributed by atoms with van der Waals surface area (Å²) in [5.41, 5.74) is 10.9. The number of nitrogens with zero attached hydrogens (tertiary/aromatic N) is 2. The number of aromatic amines is 1. The summed E-state index contributed by atoms with van der Waals surface area (Å²) < 4.78 is 12.5. The Balaban J connectivity index is 1.48. The molecule has 33 heavy (non-hydrogen) atoms. The zero-order chi connectivity index (χ0) is 22.8. The number of halogens is 1. The number of benzene rings is 3. The minimum Gasteiger partial charge on any atom is -0.489 e. The molecule has 7 heteroatoms. The van der Waals surface area contributed by atoms with E-state index in [0.29, 0.717) is 18.1 Å². The molecular formula is C26H19BrN4O2. The van der Waals surface area contributed by atoms with Crippen molar-refractivity contribution in [2.24, 2.45) is 5.73 Å². The predicted octanol–water partition coefficient (Wildman–Crippen LogP) is 5.64. The summed E-state index contributed by atoms with van der Waals surface area (Å²) in [6.45, 7) is 0.495. The normalized spacial score (nSPS) is 14.8. The van der Waals surface area contributed by atoms with Gasteiger partial charge in [-0.1, -0.05) is 58.4 Å². The number of hydrogen-bond donors (Lipinski definition) is 2. The van der Waals surface area contributed by atoms with Crippen molar-refractivity contribution in [1.29, 1.82) is 5.26 Å². The molecule has 0 radical (unpaired) electrons. The van der Waals surface area contributed by atoms with Crippen molar-refractivity contribution in [2.75, 3.05) is 0 Å². The third kappa shape index (κ3) is 4.09. The summed E-state index contributed by atoms with van der Waals surface area (Å²) in [5, 5.41) is 17.2. The summed E-state index contributed by atoms with van der Waals surface area (Å²) in [6.07, 6.45) is 0. The van der Waals surface area contributed by atoms with Gasteiger partial charge in [0, 0.05) is 10.0 Å². The number of nitrogens with one attached hydrogen (secondary N) is 1. The van der Waals surface area contributed by atoms with Gasteiger partial charge in [-0.05, 0) is 47.5 Å². The van der Waals surface area contributed by atoms with Gasteiger partial charge in [0.1, 0.15) is 24.0 Å². The molecule has 1 aliphatic heterocycles. The van der Waals surface area contributed by atoms with Gasteiger partial charge in [0.05, 0.1) is 17.2 Å². The standard InChI is InChI=1S/C26H19BrN4O2/c27-19-10-6-17(7-11-19)22-21(14-28)25(29)33-26-23(22)24(30-31-26)18-8-12-20(13-9-18)32-15-16-4-2-1-3-5-16/h1-13,22H,15,29H2,(H,30,31)/t22-/m1/s1.